The van der Waals surface area contributed by atoms with E-state index in [2.05, 4.69) is 26.3 Å². The minimum absolute atomic E-state index is 0. The van der Waals surface area contributed by atoms with Gasteiger partial charge in [-0.3, -0.25) is 4.79 Å². The molecule has 0 saturated carbocycles. The molecule has 0 bridgehead atoms. The molecule has 1 fully saturated rings. The number of rotatable bonds is 3. The second-order valence-corrected chi connectivity index (χ2v) is 6.83. The van der Waals surface area contributed by atoms with Crippen molar-refractivity contribution in [2.45, 2.75) is 25.8 Å². The summed E-state index contributed by atoms with van der Waals surface area (Å²) < 4.78 is 2.84. The maximum absolute atomic E-state index is 12.7. The Kier molecular flexibility index (Phi) is 6.43. The van der Waals surface area contributed by atoms with Crippen LogP contribution in [0.2, 0.25) is 0 Å². The van der Waals surface area contributed by atoms with Crippen molar-refractivity contribution in [3.05, 3.63) is 46.2 Å². The number of carbonyl (C=O) groups excluding carboxylic acids is 1. The van der Waals surface area contributed by atoms with E-state index in [1.54, 1.807) is 0 Å². The zero-order valence-corrected chi connectivity index (χ0v) is 16.2. The SMILES string of the molecule is CNC1CCN(C(=O)c2cc(C)n(-c3ccc(Br)cc3)n2)CC1.Cl. The Balaban J connectivity index is 0.00000208. The van der Waals surface area contributed by atoms with Gasteiger partial charge in [0.1, 0.15) is 0 Å². The Morgan fingerprint density at radius 2 is 1.88 bits per heavy atom. The van der Waals surface area contributed by atoms with Crippen LogP contribution < -0.4 is 5.32 Å². The third-order valence-electron chi connectivity index (χ3n) is 4.37. The van der Waals surface area contributed by atoms with E-state index in [1.165, 1.54) is 0 Å². The second-order valence-electron chi connectivity index (χ2n) is 5.91. The Hall–Kier alpha value is -1.37. The molecule has 0 aliphatic carbocycles. The van der Waals surface area contributed by atoms with Gasteiger partial charge in [0.2, 0.25) is 0 Å². The number of halogens is 2. The highest BCUT2D eigenvalue weighted by Crippen LogP contribution is 2.18. The van der Waals surface area contributed by atoms with Gasteiger partial charge in [0.25, 0.3) is 5.91 Å². The lowest BCUT2D eigenvalue weighted by molar-refractivity contribution is 0.0701. The maximum atomic E-state index is 12.7. The number of aromatic nitrogens is 2. The highest BCUT2D eigenvalue weighted by atomic mass is 79.9. The van der Waals surface area contributed by atoms with Crippen LogP contribution in [0.5, 0.6) is 0 Å². The molecule has 0 atom stereocenters. The zero-order chi connectivity index (χ0) is 16.4. The van der Waals surface area contributed by atoms with Crippen LogP contribution in [0.25, 0.3) is 5.69 Å². The Morgan fingerprint density at radius 3 is 2.46 bits per heavy atom. The molecule has 2 heterocycles. The molecule has 0 unspecified atom stereocenters. The number of benzene rings is 1. The number of piperidine rings is 1. The number of hydrogen-bond donors (Lipinski definition) is 1. The summed E-state index contributed by atoms with van der Waals surface area (Å²) in [4.78, 5) is 14.6. The molecule has 1 saturated heterocycles. The fourth-order valence-corrected chi connectivity index (χ4v) is 3.22. The molecule has 130 valence electrons. The van der Waals surface area contributed by atoms with Crippen molar-refractivity contribution < 1.29 is 4.79 Å². The van der Waals surface area contributed by atoms with Gasteiger partial charge >= 0.3 is 0 Å². The molecule has 5 nitrogen and oxygen atoms in total. The number of hydrogen-bond acceptors (Lipinski definition) is 3. The van der Waals surface area contributed by atoms with Crippen molar-refractivity contribution in [1.82, 2.24) is 20.0 Å². The van der Waals surface area contributed by atoms with Crippen LogP contribution in [0.3, 0.4) is 0 Å². The summed E-state index contributed by atoms with van der Waals surface area (Å²) in [7, 11) is 1.98. The number of likely N-dealkylation sites (tertiary alicyclic amines) is 1. The summed E-state index contributed by atoms with van der Waals surface area (Å²) >= 11 is 3.43. The number of nitrogens with zero attached hydrogens (tertiary/aromatic N) is 3. The summed E-state index contributed by atoms with van der Waals surface area (Å²) in [6.45, 7) is 3.54. The van der Waals surface area contributed by atoms with Crippen molar-refractivity contribution in [2.24, 2.45) is 0 Å². The van der Waals surface area contributed by atoms with Crippen LogP contribution in [0.4, 0.5) is 0 Å². The molecule has 3 rings (SSSR count). The van der Waals surface area contributed by atoms with Crippen molar-refractivity contribution in [1.29, 1.82) is 0 Å². The van der Waals surface area contributed by atoms with E-state index in [9.17, 15) is 4.79 Å². The fraction of sp³-hybridized carbons (Fsp3) is 0.412. The Labute approximate surface area is 157 Å². The van der Waals surface area contributed by atoms with E-state index in [4.69, 9.17) is 0 Å². The van der Waals surface area contributed by atoms with Gasteiger partial charge in [-0.2, -0.15) is 5.10 Å². The molecule has 2 aromatic rings. The molecule has 0 radical (unpaired) electrons. The molecule has 0 spiro atoms. The van der Waals surface area contributed by atoms with Crippen molar-refractivity contribution in [2.75, 3.05) is 20.1 Å². The lowest BCUT2D eigenvalue weighted by atomic mass is 10.1. The van der Waals surface area contributed by atoms with Gasteiger partial charge in [0, 0.05) is 29.3 Å². The molecule has 1 N–H and O–H groups in total. The smallest absolute Gasteiger partial charge is 0.274 e. The van der Waals surface area contributed by atoms with E-state index in [1.807, 2.05) is 53.9 Å². The standard InChI is InChI=1S/C17H21BrN4O.ClH/c1-12-11-16(17(23)21-9-7-14(19-2)8-10-21)20-22(12)15-5-3-13(18)4-6-15;/h3-6,11,14,19H,7-10H2,1-2H3;1H. The van der Waals surface area contributed by atoms with E-state index in [0.717, 1.165) is 41.8 Å². The second kappa shape index (κ2) is 8.14. The third kappa shape index (κ3) is 3.99. The van der Waals surface area contributed by atoms with Crippen LogP contribution in [0, 0.1) is 6.92 Å². The van der Waals surface area contributed by atoms with Crippen LogP contribution >= 0.6 is 28.3 Å². The van der Waals surface area contributed by atoms with Crippen molar-refractivity contribution in [3.63, 3.8) is 0 Å². The van der Waals surface area contributed by atoms with E-state index < -0.39 is 0 Å². The molecule has 1 amide bonds. The summed E-state index contributed by atoms with van der Waals surface area (Å²) in [5.74, 6) is 0.0264. The summed E-state index contributed by atoms with van der Waals surface area (Å²) in [6, 6.07) is 10.3. The fourth-order valence-electron chi connectivity index (χ4n) is 2.96. The van der Waals surface area contributed by atoms with E-state index >= 15 is 0 Å². The monoisotopic (exact) mass is 412 g/mol. The minimum Gasteiger partial charge on any atom is -0.337 e. The summed E-state index contributed by atoms with van der Waals surface area (Å²) in [5.41, 5.74) is 2.44. The molecule has 7 heteroatoms. The zero-order valence-electron chi connectivity index (χ0n) is 13.8. The Morgan fingerprint density at radius 1 is 1.25 bits per heavy atom. The molecular weight excluding hydrogens is 392 g/mol. The predicted molar refractivity (Wildman–Crippen MR) is 101 cm³/mol. The number of nitrogens with one attached hydrogen (secondary N) is 1. The minimum atomic E-state index is 0. The normalized spacial score (nSPS) is 15.2. The molecule has 1 aromatic heterocycles. The number of aryl methyl sites for hydroxylation is 1. The lowest BCUT2D eigenvalue weighted by Gasteiger charge is -2.31. The highest BCUT2D eigenvalue weighted by molar-refractivity contribution is 9.10. The first-order chi connectivity index (χ1) is 11.1. The van der Waals surface area contributed by atoms with Crippen LogP contribution in [0.1, 0.15) is 29.0 Å². The predicted octanol–water partition coefficient (Wildman–Crippen LogP) is 3.19. The summed E-state index contributed by atoms with van der Waals surface area (Å²) in [6.07, 6.45) is 1.99. The maximum Gasteiger partial charge on any atom is 0.274 e. The average molecular weight is 414 g/mol. The molecule has 1 aliphatic rings. The van der Waals surface area contributed by atoms with E-state index in [0.29, 0.717) is 11.7 Å². The Bertz CT molecular complexity index is 693. The first kappa shape index (κ1) is 19.0. The topological polar surface area (TPSA) is 50.2 Å². The number of carbonyl (C=O) groups is 1. The van der Waals surface area contributed by atoms with Crippen molar-refractivity contribution in [3.8, 4) is 5.69 Å². The highest BCUT2D eigenvalue weighted by Gasteiger charge is 2.24. The largest absolute Gasteiger partial charge is 0.337 e. The molecule has 1 aromatic carbocycles. The van der Waals surface area contributed by atoms with Gasteiger partial charge in [-0.05, 0) is 57.1 Å². The first-order valence-electron chi connectivity index (χ1n) is 7.87. The van der Waals surface area contributed by atoms with E-state index in [-0.39, 0.29) is 18.3 Å². The quantitative estimate of drug-likeness (QED) is 0.841. The molecular formula is C17H22BrClN4O. The summed E-state index contributed by atoms with van der Waals surface area (Å²) in [5, 5.41) is 7.80. The van der Waals surface area contributed by atoms with Gasteiger partial charge < -0.3 is 10.2 Å². The van der Waals surface area contributed by atoms with Crippen LogP contribution in [-0.2, 0) is 0 Å². The van der Waals surface area contributed by atoms with Gasteiger partial charge in [-0.25, -0.2) is 4.68 Å². The third-order valence-corrected chi connectivity index (χ3v) is 4.90. The van der Waals surface area contributed by atoms with Gasteiger partial charge in [-0.15, -0.1) is 12.4 Å². The molecule has 24 heavy (non-hydrogen) atoms. The van der Waals surface area contributed by atoms with Gasteiger partial charge in [-0.1, -0.05) is 15.9 Å². The average Bonchev–Trinajstić information content (AvgIpc) is 2.97. The number of amides is 1. The first-order valence-corrected chi connectivity index (χ1v) is 8.67. The van der Waals surface area contributed by atoms with Crippen molar-refractivity contribution >= 4 is 34.2 Å². The molecule has 1 aliphatic heterocycles. The van der Waals surface area contributed by atoms with Crippen LogP contribution in [0.15, 0.2) is 34.8 Å². The van der Waals surface area contributed by atoms with Crippen LogP contribution in [-0.4, -0.2) is 46.8 Å². The van der Waals surface area contributed by atoms with Gasteiger partial charge in [0.15, 0.2) is 5.69 Å². The lowest BCUT2D eigenvalue weighted by Crippen LogP contribution is -2.44. The van der Waals surface area contributed by atoms with Gasteiger partial charge in [0.05, 0.1) is 5.69 Å².